The maximum Gasteiger partial charge on any atom is 0.330 e. The number of amides is 1. The second-order valence-electron chi connectivity index (χ2n) is 11.2. The molecule has 0 radical (unpaired) electrons. The van der Waals surface area contributed by atoms with Crippen molar-refractivity contribution in [2.75, 3.05) is 13.7 Å². The van der Waals surface area contributed by atoms with Crippen molar-refractivity contribution in [1.82, 2.24) is 10.3 Å². The zero-order valence-electron chi connectivity index (χ0n) is 22.7. The van der Waals surface area contributed by atoms with Crippen molar-refractivity contribution >= 4 is 18.0 Å². The van der Waals surface area contributed by atoms with Gasteiger partial charge in [0.1, 0.15) is 12.1 Å². The van der Waals surface area contributed by atoms with Gasteiger partial charge in [-0.15, -0.1) is 0 Å². The van der Waals surface area contributed by atoms with Crippen LogP contribution >= 0.6 is 0 Å². The van der Waals surface area contributed by atoms with Gasteiger partial charge in [-0.1, -0.05) is 51.0 Å². The highest BCUT2D eigenvalue weighted by Gasteiger charge is 2.51. The van der Waals surface area contributed by atoms with E-state index in [2.05, 4.69) is 10.3 Å². The van der Waals surface area contributed by atoms with Crippen LogP contribution in [0.25, 0.3) is 6.08 Å². The summed E-state index contributed by atoms with van der Waals surface area (Å²) in [5.74, 6) is 0.223. The van der Waals surface area contributed by atoms with Gasteiger partial charge in [-0.25, -0.2) is 14.2 Å². The Kier molecular flexibility index (Phi) is 9.12. The Bertz CT molecular complexity index is 1170. The molecular weight excluding hydrogens is 499 g/mol. The van der Waals surface area contributed by atoms with Crippen LogP contribution in [-0.2, 0) is 20.7 Å². The first-order chi connectivity index (χ1) is 19.0. The van der Waals surface area contributed by atoms with E-state index in [1.165, 1.54) is 70.1 Å². The van der Waals surface area contributed by atoms with Crippen molar-refractivity contribution in [1.29, 1.82) is 0 Å². The van der Waals surface area contributed by atoms with Gasteiger partial charge in [-0.2, -0.15) is 0 Å². The Hall–Kier alpha value is -3.00. The standard InChI is InChI=1S/C31H39FN2O5/c1-37-28(35)15-11-21-10-12-23(32)17-22(21)18-24-26-13-14-27(39-26)29(24)31-34-25(19-38-31)30(36)33-16-6-5-9-20-7-3-2-4-8-20/h10-12,15,17,19-20,24,26-27,29H,2-9,13-14,16,18H2,1H3,(H,33,36)/b15-11+/t24-,26?,27?,29+/m0/s1. The van der Waals surface area contributed by atoms with Crippen LogP contribution in [0.5, 0.6) is 0 Å². The molecule has 210 valence electrons. The molecule has 5 rings (SSSR count). The number of ether oxygens (including phenoxy) is 2. The third kappa shape index (κ3) is 6.78. The molecule has 1 amide bonds. The lowest BCUT2D eigenvalue weighted by atomic mass is 9.75. The molecule has 3 aliphatic rings. The number of carbonyl (C=O) groups is 2. The summed E-state index contributed by atoms with van der Waals surface area (Å²) in [6, 6.07) is 4.54. The number of oxazole rings is 1. The fraction of sp³-hybridized carbons (Fsp3) is 0.581. The number of aromatic nitrogens is 1. The molecule has 0 spiro atoms. The van der Waals surface area contributed by atoms with Gasteiger partial charge in [0.25, 0.3) is 5.91 Å². The van der Waals surface area contributed by atoms with Crippen molar-refractivity contribution in [3.63, 3.8) is 0 Å². The zero-order chi connectivity index (χ0) is 27.2. The van der Waals surface area contributed by atoms with E-state index in [9.17, 15) is 14.0 Å². The summed E-state index contributed by atoms with van der Waals surface area (Å²) >= 11 is 0. The van der Waals surface area contributed by atoms with Crippen molar-refractivity contribution < 1.29 is 27.9 Å². The van der Waals surface area contributed by atoms with Gasteiger partial charge in [-0.05, 0) is 60.9 Å². The van der Waals surface area contributed by atoms with E-state index < -0.39 is 5.97 Å². The second kappa shape index (κ2) is 12.9. The van der Waals surface area contributed by atoms with Crippen LogP contribution < -0.4 is 5.32 Å². The fourth-order valence-electron chi connectivity index (χ4n) is 6.64. The molecule has 2 aliphatic heterocycles. The highest BCUT2D eigenvalue weighted by Crippen LogP contribution is 2.50. The Balaban J connectivity index is 1.21. The molecule has 39 heavy (non-hydrogen) atoms. The van der Waals surface area contributed by atoms with E-state index in [0.29, 0.717) is 18.9 Å². The van der Waals surface area contributed by atoms with Crippen molar-refractivity contribution in [2.24, 2.45) is 11.8 Å². The number of rotatable bonds is 11. The molecule has 4 atom stereocenters. The zero-order valence-corrected chi connectivity index (χ0v) is 22.7. The molecule has 1 saturated carbocycles. The third-order valence-electron chi connectivity index (χ3n) is 8.67. The van der Waals surface area contributed by atoms with Gasteiger partial charge in [0.2, 0.25) is 5.89 Å². The fourth-order valence-corrected chi connectivity index (χ4v) is 6.64. The Morgan fingerprint density at radius 3 is 2.77 bits per heavy atom. The number of benzene rings is 1. The summed E-state index contributed by atoms with van der Waals surface area (Å²) in [7, 11) is 1.32. The summed E-state index contributed by atoms with van der Waals surface area (Å²) in [5.41, 5.74) is 1.81. The SMILES string of the molecule is COC(=O)/C=C/c1ccc(F)cc1C[C@H]1C2CCC(O2)[C@@H]1c1nc(C(=O)NCCCCC2CCCCC2)co1. The Labute approximate surface area is 229 Å². The summed E-state index contributed by atoms with van der Waals surface area (Å²) in [5, 5.41) is 2.99. The number of methoxy groups -OCH3 is 1. The predicted molar refractivity (Wildman–Crippen MR) is 145 cm³/mol. The van der Waals surface area contributed by atoms with Crippen molar-refractivity contribution in [3.05, 3.63) is 59.1 Å². The first-order valence-corrected chi connectivity index (χ1v) is 14.5. The van der Waals surface area contributed by atoms with E-state index >= 15 is 0 Å². The largest absolute Gasteiger partial charge is 0.466 e. The molecule has 8 heteroatoms. The van der Waals surface area contributed by atoms with Crippen LogP contribution in [-0.4, -0.2) is 42.7 Å². The van der Waals surface area contributed by atoms with Gasteiger partial charge in [0.15, 0.2) is 5.69 Å². The highest BCUT2D eigenvalue weighted by molar-refractivity contribution is 5.91. The van der Waals surface area contributed by atoms with Gasteiger partial charge < -0.3 is 19.2 Å². The van der Waals surface area contributed by atoms with Gasteiger partial charge in [0, 0.05) is 18.5 Å². The van der Waals surface area contributed by atoms with Crippen LogP contribution in [0.15, 0.2) is 35.0 Å². The summed E-state index contributed by atoms with van der Waals surface area (Å²) < 4.78 is 31.0. The van der Waals surface area contributed by atoms with Crippen molar-refractivity contribution in [2.45, 2.75) is 88.8 Å². The van der Waals surface area contributed by atoms with E-state index in [-0.39, 0.29) is 41.5 Å². The van der Waals surface area contributed by atoms with Gasteiger partial charge in [0.05, 0.1) is 25.2 Å². The lowest BCUT2D eigenvalue weighted by Crippen LogP contribution is -2.28. The summed E-state index contributed by atoms with van der Waals surface area (Å²) in [4.78, 5) is 28.9. The van der Waals surface area contributed by atoms with Crippen LogP contribution in [0.3, 0.4) is 0 Å². The third-order valence-corrected chi connectivity index (χ3v) is 8.67. The molecule has 2 bridgehead atoms. The minimum Gasteiger partial charge on any atom is -0.466 e. The van der Waals surface area contributed by atoms with E-state index in [1.807, 2.05) is 0 Å². The highest BCUT2D eigenvalue weighted by atomic mass is 19.1. The van der Waals surface area contributed by atoms with Crippen LogP contribution in [0, 0.1) is 17.7 Å². The molecular formula is C31H39FN2O5. The Morgan fingerprint density at radius 2 is 1.95 bits per heavy atom. The monoisotopic (exact) mass is 538 g/mol. The van der Waals surface area contributed by atoms with Gasteiger partial charge >= 0.3 is 5.97 Å². The van der Waals surface area contributed by atoms with Gasteiger partial charge in [-0.3, -0.25) is 4.79 Å². The maximum atomic E-state index is 14.2. The molecule has 3 heterocycles. The number of carbonyl (C=O) groups excluding carboxylic acids is 2. The lowest BCUT2D eigenvalue weighted by Gasteiger charge is -2.26. The number of nitrogens with one attached hydrogen (secondary N) is 1. The normalized spacial score (nSPS) is 24.9. The molecule has 1 N–H and O–H groups in total. The smallest absolute Gasteiger partial charge is 0.330 e. The van der Waals surface area contributed by atoms with Crippen LogP contribution in [0.1, 0.15) is 97.6 Å². The summed E-state index contributed by atoms with van der Waals surface area (Å²) in [6.45, 7) is 0.634. The molecule has 1 aliphatic carbocycles. The predicted octanol–water partition coefficient (Wildman–Crippen LogP) is 5.98. The molecule has 2 unspecified atom stereocenters. The average Bonchev–Trinajstić information content (AvgIpc) is 3.70. The van der Waals surface area contributed by atoms with Crippen LogP contribution in [0.2, 0.25) is 0 Å². The molecule has 7 nitrogen and oxygen atoms in total. The first-order valence-electron chi connectivity index (χ1n) is 14.5. The number of esters is 1. The number of unbranched alkanes of at least 4 members (excludes halogenated alkanes) is 1. The quantitative estimate of drug-likeness (QED) is 0.215. The van der Waals surface area contributed by atoms with Crippen molar-refractivity contribution in [3.8, 4) is 0 Å². The average molecular weight is 539 g/mol. The molecule has 3 fully saturated rings. The van der Waals surface area contributed by atoms with E-state index in [4.69, 9.17) is 13.9 Å². The lowest BCUT2D eigenvalue weighted by molar-refractivity contribution is -0.134. The minimum atomic E-state index is -0.471. The first kappa shape index (κ1) is 27.6. The number of hydrogen-bond donors (Lipinski definition) is 1. The molecule has 2 aromatic rings. The van der Waals surface area contributed by atoms with E-state index in [1.54, 1.807) is 12.1 Å². The number of halogens is 1. The van der Waals surface area contributed by atoms with Crippen LogP contribution in [0.4, 0.5) is 4.39 Å². The number of fused-ring (bicyclic) bond motifs is 2. The maximum absolute atomic E-state index is 14.2. The summed E-state index contributed by atoms with van der Waals surface area (Å²) in [6.07, 6.45) is 16.9. The molecule has 2 saturated heterocycles. The number of nitrogens with zero attached hydrogens (tertiary/aromatic N) is 1. The minimum absolute atomic E-state index is 0.00837. The molecule has 1 aromatic heterocycles. The van der Waals surface area contributed by atoms with E-state index in [0.717, 1.165) is 42.7 Å². The Morgan fingerprint density at radius 1 is 1.13 bits per heavy atom. The number of hydrogen-bond acceptors (Lipinski definition) is 6. The topological polar surface area (TPSA) is 90.7 Å². The second-order valence-corrected chi connectivity index (χ2v) is 11.2. The molecule has 1 aromatic carbocycles.